The second-order valence-corrected chi connectivity index (χ2v) is 8.32. The summed E-state index contributed by atoms with van der Waals surface area (Å²) in [7, 11) is 0. The monoisotopic (exact) mass is 422 g/mol. The molecule has 0 saturated heterocycles. The van der Waals surface area contributed by atoms with Crippen LogP contribution in [0.2, 0.25) is 5.02 Å². The molecule has 0 radical (unpaired) electrons. The normalized spacial score (nSPS) is 15.1. The maximum absolute atomic E-state index is 12.6. The van der Waals surface area contributed by atoms with Crippen LogP contribution in [0.3, 0.4) is 0 Å². The summed E-state index contributed by atoms with van der Waals surface area (Å²) in [4.78, 5) is 25.2. The van der Waals surface area contributed by atoms with E-state index in [1.165, 1.54) is 0 Å². The molecule has 2 aromatic carbocycles. The van der Waals surface area contributed by atoms with Crippen molar-refractivity contribution in [2.75, 3.05) is 0 Å². The fourth-order valence-corrected chi connectivity index (χ4v) is 4.04. The van der Waals surface area contributed by atoms with Crippen molar-refractivity contribution in [2.24, 2.45) is 5.41 Å². The Balaban J connectivity index is 1.59. The third-order valence-corrected chi connectivity index (χ3v) is 5.97. The molecule has 0 atom stereocenters. The summed E-state index contributed by atoms with van der Waals surface area (Å²) in [5.41, 5.74) is 1.94. The van der Waals surface area contributed by atoms with Gasteiger partial charge in [-0.2, -0.15) is 9.97 Å². The summed E-state index contributed by atoms with van der Waals surface area (Å²) < 4.78 is 0. The van der Waals surface area contributed by atoms with Gasteiger partial charge in [-0.3, -0.25) is 4.79 Å². The molecule has 1 heterocycles. The Bertz CT molecular complexity index is 1070. The van der Waals surface area contributed by atoms with Gasteiger partial charge >= 0.3 is 6.01 Å². The lowest BCUT2D eigenvalue weighted by Crippen LogP contribution is -2.36. The highest BCUT2D eigenvalue weighted by atomic mass is 35.5. The molecule has 1 aromatic heterocycles. The van der Waals surface area contributed by atoms with Gasteiger partial charge in [-0.1, -0.05) is 67.8 Å². The van der Waals surface area contributed by atoms with Crippen molar-refractivity contribution in [3.8, 4) is 28.8 Å². The highest BCUT2D eigenvalue weighted by Gasteiger charge is 2.35. The Labute approximate surface area is 180 Å². The third kappa shape index (κ3) is 4.28. The number of nitrogens with zero attached hydrogens (tertiary/aromatic N) is 3. The molecule has 1 saturated carbocycles. The first-order chi connectivity index (χ1) is 14.4. The molecule has 0 unspecified atom stereocenters. The summed E-state index contributed by atoms with van der Waals surface area (Å²) in [6.07, 6.45) is 4.05. The number of halogens is 1. The summed E-state index contributed by atoms with van der Waals surface area (Å²) in [6, 6.07) is 14.4. The number of aromatic nitrogens is 3. The van der Waals surface area contributed by atoms with Crippen LogP contribution in [0.1, 0.15) is 38.2 Å². The minimum absolute atomic E-state index is 0.0840. The van der Waals surface area contributed by atoms with Crippen LogP contribution in [-0.2, 0) is 11.3 Å². The smallest absolute Gasteiger partial charge is 0.318 e. The van der Waals surface area contributed by atoms with E-state index in [0.717, 1.165) is 36.8 Å². The first kappa shape index (κ1) is 20.3. The predicted octanol–water partition coefficient (Wildman–Crippen LogP) is 4.76. The molecule has 7 heteroatoms. The van der Waals surface area contributed by atoms with E-state index in [4.69, 9.17) is 11.6 Å². The maximum atomic E-state index is 12.6. The number of hydrogen-bond acceptors (Lipinski definition) is 5. The molecule has 0 bridgehead atoms. The molecule has 3 aromatic rings. The van der Waals surface area contributed by atoms with Crippen molar-refractivity contribution in [1.82, 2.24) is 20.3 Å². The molecule has 6 nitrogen and oxygen atoms in total. The van der Waals surface area contributed by atoms with Crippen LogP contribution < -0.4 is 5.32 Å². The van der Waals surface area contributed by atoms with Crippen molar-refractivity contribution < 1.29 is 9.90 Å². The summed E-state index contributed by atoms with van der Waals surface area (Å²) in [5, 5.41) is 13.5. The summed E-state index contributed by atoms with van der Waals surface area (Å²) in [6.45, 7) is 2.42. The van der Waals surface area contributed by atoms with Crippen molar-refractivity contribution in [3.05, 3.63) is 59.1 Å². The fraction of sp³-hybridized carbons (Fsp3) is 0.304. The average Bonchev–Trinajstić information content (AvgIpc) is 3.21. The van der Waals surface area contributed by atoms with Crippen molar-refractivity contribution in [2.45, 2.75) is 39.2 Å². The number of aromatic hydroxyl groups is 1. The van der Waals surface area contributed by atoms with Gasteiger partial charge in [-0.25, -0.2) is 4.98 Å². The van der Waals surface area contributed by atoms with Crippen molar-refractivity contribution in [1.29, 1.82) is 0 Å². The zero-order valence-electron chi connectivity index (χ0n) is 16.7. The van der Waals surface area contributed by atoms with Crippen LogP contribution in [-0.4, -0.2) is 26.0 Å². The van der Waals surface area contributed by atoms with Crippen LogP contribution >= 0.6 is 11.6 Å². The average molecular weight is 423 g/mol. The van der Waals surface area contributed by atoms with Crippen LogP contribution in [0.15, 0.2) is 48.5 Å². The largest absolute Gasteiger partial charge is 0.479 e. The van der Waals surface area contributed by atoms with E-state index in [9.17, 15) is 9.90 Å². The first-order valence-electron chi connectivity index (χ1n) is 10.0. The number of carbonyl (C=O) groups excluding carboxylic acids is 1. The van der Waals surface area contributed by atoms with Gasteiger partial charge < -0.3 is 10.4 Å². The minimum Gasteiger partial charge on any atom is -0.479 e. The van der Waals surface area contributed by atoms with Crippen LogP contribution in [0, 0.1) is 5.41 Å². The zero-order chi connectivity index (χ0) is 21.1. The Morgan fingerprint density at radius 2 is 1.77 bits per heavy atom. The van der Waals surface area contributed by atoms with E-state index < -0.39 is 0 Å². The molecular weight excluding hydrogens is 400 g/mol. The molecule has 154 valence electrons. The quantitative estimate of drug-likeness (QED) is 0.618. The standard InChI is InChI=1S/C23H23ClN4O2/c1-23(11-5-6-12-23)21(29)25-14-15-9-10-18(24)17(13-15)20-26-19(27-22(30)28-20)16-7-3-2-4-8-16/h2-4,7-10,13H,5-6,11-12,14H2,1H3,(H,25,29)(H,26,27,28,30). The van der Waals surface area contributed by atoms with Crippen LogP contribution in [0.5, 0.6) is 6.01 Å². The van der Waals surface area contributed by atoms with Gasteiger partial charge in [0.25, 0.3) is 0 Å². The Morgan fingerprint density at radius 3 is 2.50 bits per heavy atom. The number of nitrogens with one attached hydrogen (secondary N) is 1. The Kier molecular flexibility index (Phi) is 5.68. The highest BCUT2D eigenvalue weighted by molar-refractivity contribution is 6.33. The van der Waals surface area contributed by atoms with Gasteiger partial charge in [-0.15, -0.1) is 0 Å². The summed E-state index contributed by atoms with van der Waals surface area (Å²) >= 11 is 6.40. The van der Waals surface area contributed by atoms with Crippen molar-refractivity contribution >= 4 is 17.5 Å². The van der Waals surface area contributed by atoms with Crippen LogP contribution in [0.25, 0.3) is 22.8 Å². The molecule has 1 aliphatic rings. The zero-order valence-corrected chi connectivity index (χ0v) is 17.5. The molecule has 30 heavy (non-hydrogen) atoms. The van der Waals surface area contributed by atoms with Gasteiger partial charge in [0.1, 0.15) is 0 Å². The lowest BCUT2D eigenvalue weighted by atomic mass is 9.88. The third-order valence-electron chi connectivity index (χ3n) is 5.64. The lowest BCUT2D eigenvalue weighted by molar-refractivity contribution is -0.130. The molecule has 0 spiro atoms. The Morgan fingerprint density at radius 1 is 1.07 bits per heavy atom. The number of carbonyl (C=O) groups is 1. The van der Waals surface area contributed by atoms with Gasteiger partial charge in [0.15, 0.2) is 11.6 Å². The van der Waals surface area contributed by atoms with Gasteiger partial charge in [0.05, 0.1) is 5.02 Å². The number of hydrogen-bond donors (Lipinski definition) is 2. The van der Waals surface area contributed by atoms with Crippen LogP contribution in [0.4, 0.5) is 0 Å². The maximum Gasteiger partial charge on any atom is 0.318 e. The second-order valence-electron chi connectivity index (χ2n) is 7.91. The second kappa shape index (κ2) is 8.40. The van der Waals surface area contributed by atoms with Gasteiger partial charge in [-0.05, 0) is 30.5 Å². The first-order valence-corrected chi connectivity index (χ1v) is 10.4. The fourth-order valence-electron chi connectivity index (χ4n) is 3.83. The van der Waals surface area contributed by atoms with Crippen molar-refractivity contribution in [3.63, 3.8) is 0 Å². The summed E-state index contributed by atoms with van der Waals surface area (Å²) in [5.74, 6) is 0.727. The molecule has 0 aliphatic heterocycles. The predicted molar refractivity (Wildman–Crippen MR) is 116 cm³/mol. The van der Waals surface area contributed by atoms with E-state index in [-0.39, 0.29) is 23.2 Å². The van der Waals surface area contributed by atoms with E-state index in [2.05, 4.69) is 20.3 Å². The molecule has 2 N–H and O–H groups in total. The Hall–Kier alpha value is -2.99. The number of amides is 1. The van der Waals surface area contributed by atoms with E-state index in [1.807, 2.05) is 49.4 Å². The number of rotatable bonds is 5. The highest BCUT2D eigenvalue weighted by Crippen LogP contribution is 2.37. The molecule has 1 amide bonds. The molecule has 4 rings (SSSR count). The topological polar surface area (TPSA) is 88.0 Å². The lowest BCUT2D eigenvalue weighted by Gasteiger charge is -2.22. The SMILES string of the molecule is CC1(C(=O)NCc2ccc(Cl)c(-c3nc(O)nc(-c4ccccc4)n3)c2)CCCC1. The minimum atomic E-state index is -0.372. The molecule has 1 aliphatic carbocycles. The number of benzene rings is 2. The van der Waals surface area contributed by atoms with Gasteiger partial charge in [0, 0.05) is 23.1 Å². The van der Waals surface area contributed by atoms with Gasteiger partial charge in [0.2, 0.25) is 5.91 Å². The van der Waals surface area contributed by atoms with E-state index >= 15 is 0 Å². The molecule has 1 fully saturated rings. The van der Waals surface area contributed by atoms with E-state index in [0.29, 0.717) is 23.0 Å². The van der Waals surface area contributed by atoms with E-state index in [1.54, 1.807) is 6.07 Å². The molecular formula is C23H23ClN4O2.